The molecule has 2 aliphatic heterocycles. The van der Waals surface area contributed by atoms with Gasteiger partial charge in [-0.1, -0.05) is 6.07 Å². The molecule has 1 N–H and O–H groups in total. The number of amides is 1. The van der Waals surface area contributed by atoms with Gasteiger partial charge >= 0.3 is 5.69 Å². The van der Waals surface area contributed by atoms with Crippen LogP contribution >= 0.6 is 12.4 Å². The summed E-state index contributed by atoms with van der Waals surface area (Å²) in [5, 5.41) is 7.64. The molecular formula is C17H25ClN6O2. The Morgan fingerprint density at radius 2 is 2.04 bits per heavy atom. The van der Waals surface area contributed by atoms with Crippen LogP contribution in [0.5, 0.6) is 0 Å². The summed E-state index contributed by atoms with van der Waals surface area (Å²) >= 11 is 0. The second-order valence-corrected chi connectivity index (χ2v) is 6.75. The number of nitrogens with one attached hydrogen (secondary N) is 1. The maximum atomic E-state index is 12.5. The van der Waals surface area contributed by atoms with Crippen molar-refractivity contribution in [2.45, 2.75) is 25.4 Å². The van der Waals surface area contributed by atoms with Crippen molar-refractivity contribution >= 4 is 24.0 Å². The second-order valence-electron chi connectivity index (χ2n) is 6.75. The number of hydrogen-bond acceptors (Lipinski definition) is 5. The fourth-order valence-electron chi connectivity index (χ4n) is 3.79. The maximum absolute atomic E-state index is 12.5. The summed E-state index contributed by atoms with van der Waals surface area (Å²) in [4.78, 5) is 29.2. The van der Waals surface area contributed by atoms with Crippen LogP contribution in [0.2, 0.25) is 0 Å². The van der Waals surface area contributed by atoms with E-state index in [1.54, 1.807) is 18.3 Å². The molecular weight excluding hydrogens is 356 g/mol. The van der Waals surface area contributed by atoms with Crippen LogP contribution in [0.1, 0.15) is 12.8 Å². The number of fused-ring (bicyclic) bond motifs is 1. The summed E-state index contributed by atoms with van der Waals surface area (Å²) in [5.74, 6) is 0.113. The van der Waals surface area contributed by atoms with Gasteiger partial charge in [-0.3, -0.25) is 14.1 Å². The van der Waals surface area contributed by atoms with E-state index in [0.717, 1.165) is 45.7 Å². The summed E-state index contributed by atoms with van der Waals surface area (Å²) in [6.07, 6.45) is 3.06. The molecule has 4 rings (SSSR count). The lowest BCUT2D eigenvalue weighted by atomic mass is 10.2. The molecule has 26 heavy (non-hydrogen) atoms. The molecule has 4 heterocycles. The van der Waals surface area contributed by atoms with Gasteiger partial charge in [0.15, 0.2) is 5.65 Å². The zero-order valence-corrected chi connectivity index (χ0v) is 15.5. The predicted molar refractivity (Wildman–Crippen MR) is 101 cm³/mol. The molecule has 2 aromatic rings. The molecule has 0 aromatic carbocycles. The van der Waals surface area contributed by atoms with Crippen LogP contribution in [0.25, 0.3) is 5.65 Å². The monoisotopic (exact) mass is 380 g/mol. The molecule has 8 nitrogen and oxygen atoms in total. The molecule has 2 fully saturated rings. The quantitative estimate of drug-likeness (QED) is 0.796. The third kappa shape index (κ3) is 3.77. The lowest BCUT2D eigenvalue weighted by Gasteiger charge is -2.32. The zero-order valence-electron chi connectivity index (χ0n) is 14.7. The van der Waals surface area contributed by atoms with E-state index >= 15 is 0 Å². The summed E-state index contributed by atoms with van der Waals surface area (Å²) < 4.78 is 2.89. The molecule has 1 amide bonds. The molecule has 9 heteroatoms. The summed E-state index contributed by atoms with van der Waals surface area (Å²) in [7, 11) is 0. The van der Waals surface area contributed by atoms with Crippen LogP contribution in [-0.4, -0.2) is 75.2 Å². The van der Waals surface area contributed by atoms with Gasteiger partial charge in [-0.15, -0.1) is 17.5 Å². The first-order valence-electron chi connectivity index (χ1n) is 8.99. The summed E-state index contributed by atoms with van der Waals surface area (Å²) in [5.41, 5.74) is 0.420. The first kappa shape index (κ1) is 18.9. The fraction of sp³-hybridized carbons (Fsp3) is 0.588. The molecule has 142 valence electrons. The standard InChI is InChI=1S/C17H24N6O2.ClH/c24-16(21-9-4-14(13-21)20-11-6-18-7-12-20)5-10-23-17(25)22-8-2-1-3-15(22)19-23;/h1-3,8,14,18H,4-7,9-13H2;1H. The van der Waals surface area contributed by atoms with Crippen LogP contribution in [0, 0.1) is 0 Å². The topological polar surface area (TPSA) is 74.9 Å². The van der Waals surface area contributed by atoms with Crippen LogP contribution in [-0.2, 0) is 11.3 Å². The third-order valence-corrected chi connectivity index (χ3v) is 5.21. The molecule has 2 saturated heterocycles. The highest BCUT2D eigenvalue weighted by molar-refractivity contribution is 5.85. The Bertz CT molecular complexity index is 813. The summed E-state index contributed by atoms with van der Waals surface area (Å²) in [6.45, 7) is 6.12. The maximum Gasteiger partial charge on any atom is 0.350 e. The van der Waals surface area contributed by atoms with E-state index in [1.807, 2.05) is 11.0 Å². The van der Waals surface area contributed by atoms with Crippen molar-refractivity contribution in [3.8, 4) is 0 Å². The number of rotatable bonds is 4. The minimum Gasteiger partial charge on any atom is -0.341 e. The minimum absolute atomic E-state index is 0. The summed E-state index contributed by atoms with van der Waals surface area (Å²) in [6, 6.07) is 5.91. The first-order chi connectivity index (χ1) is 12.2. The van der Waals surface area contributed by atoms with Crippen molar-refractivity contribution in [1.29, 1.82) is 0 Å². The largest absolute Gasteiger partial charge is 0.350 e. The highest BCUT2D eigenvalue weighted by Gasteiger charge is 2.30. The first-order valence-corrected chi connectivity index (χ1v) is 8.99. The van der Waals surface area contributed by atoms with Gasteiger partial charge in [-0.25, -0.2) is 9.48 Å². The van der Waals surface area contributed by atoms with E-state index in [1.165, 1.54) is 9.08 Å². The average Bonchev–Trinajstić information content (AvgIpc) is 3.26. The molecule has 0 bridgehead atoms. The van der Waals surface area contributed by atoms with E-state index in [9.17, 15) is 9.59 Å². The molecule has 0 spiro atoms. The Morgan fingerprint density at radius 3 is 2.81 bits per heavy atom. The number of nitrogens with zero attached hydrogens (tertiary/aromatic N) is 5. The number of piperazine rings is 1. The van der Waals surface area contributed by atoms with Crippen LogP contribution in [0.3, 0.4) is 0 Å². The zero-order chi connectivity index (χ0) is 17.2. The van der Waals surface area contributed by atoms with Gasteiger partial charge in [0, 0.05) is 57.9 Å². The van der Waals surface area contributed by atoms with Crippen molar-refractivity contribution in [1.82, 2.24) is 29.3 Å². The SMILES string of the molecule is Cl.O=C(CCn1nc2ccccn2c1=O)N1CCC(N2CCNCC2)C1. The molecule has 1 unspecified atom stereocenters. The van der Waals surface area contributed by atoms with E-state index in [2.05, 4.69) is 15.3 Å². The van der Waals surface area contributed by atoms with Crippen LogP contribution < -0.4 is 11.0 Å². The number of halogens is 1. The van der Waals surface area contributed by atoms with Gasteiger partial charge in [-0.05, 0) is 18.6 Å². The molecule has 0 radical (unpaired) electrons. The van der Waals surface area contributed by atoms with Gasteiger partial charge in [0.2, 0.25) is 5.91 Å². The van der Waals surface area contributed by atoms with Crippen LogP contribution in [0.15, 0.2) is 29.2 Å². The van der Waals surface area contributed by atoms with Crippen molar-refractivity contribution in [3.05, 3.63) is 34.9 Å². The molecule has 0 aliphatic carbocycles. The van der Waals surface area contributed by atoms with Gasteiger partial charge in [0.25, 0.3) is 0 Å². The lowest BCUT2D eigenvalue weighted by Crippen LogP contribution is -2.49. The molecule has 1 atom stereocenters. The number of carbonyl (C=O) groups is 1. The van der Waals surface area contributed by atoms with Gasteiger partial charge in [-0.2, -0.15) is 0 Å². The number of aromatic nitrogens is 3. The smallest absolute Gasteiger partial charge is 0.341 e. The Hall–Kier alpha value is -1.90. The fourth-order valence-corrected chi connectivity index (χ4v) is 3.79. The van der Waals surface area contributed by atoms with Gasteiger partial charge in [0.05, 0.1) is 6.54 Å². The molecule has 2 aromatic heterocycles. The van der Waals surface area contributed by atoms with E-state index in [-0.39, 0.29) is 24.0 Å². The Kier molecular flexibility index (Phi) is 5.95. The predicted octanol–water partition coefficient (Wildman–Crippen LogP) is -0.186. The van der Waals surface area contributed by atoms with Crippen molar-refractivity contribution in [2.24, 2.45) is 0 Å². The number of likely N-dealkylation sites (tertiary alicyclic amines) is 1. The third-order valence-electron chi connectivity index (χ3n) is 5.21. The number of aryl methyl sites for hydroxylation is 1. The Morgan fingerprint density at radius 1 is 1.23 bits per heavy atom. The number of hydrogen-bond donors (Lipinski definition) is 1. The van der Waals surface area contributed by atoms with Crippen molar-refractivity contribution < 1.29 is 4.79 Å². The van der Waals surface area contributed by atoms with E-state index in [0.29, 0.717) is 24.7 Å². The van der Waals surface area contributed by atoms with Gasteiger partial charge < -0.3 is 10.2 Å². The van der Waals surface area contributed by atoms with E-state index in [4.69, 9.17) is 0 Å². The second kappa shape index (κ2) is 8.20. The lowest BCUT2D eigenvalue weighted by molar-refractivity contribution is -0.130. The molecule has 2 aliphatic rings. The van der Waals surface area contributed by atoms with Crippen molar-refractivity contribution in [3.63, 3.8) is 0 Å². The van der Waals surface area contributed by atoms with Crippen LogP contribution in [0.4, 0.5) is 0 Å². The number of carbonyl (C=O) groups excluding carboxylic acids is 1. The van der Waals surface area contributed by atoms with Crippen molar-refractivity contribution in [2.75, 3.05) is 39.3 Å². The molecule has 0 saturated carbocycles. The highest BCUT2D eigenvalue weighted by atomic mass is 35.5. The number of pyridine rings is 1. The highest BCUT2D eigenvalue weighted by Crippen LogP contribution is 2.17. The van der Waals surface area contributed by atoms with E-state index < -0.39 is 0 Å². The Labute approximate surface area is 158 Å². The minimum atomic E-state index is -0.191. The average molecular weight is 381 g/mol. The van der Waals surface area contributed by atoms with Gasteiger partial charge in [0.1, 0.15) is 0 Å². The Balaban J connectivity index is 0.00000196. The normalized spacial score (nSPS) is 21.1.